The number of amides is 1. The number of thiazole rings is 1. The molecule has 0 radical (unpaired) electrons. The van der Waals surface area contributed by atoms with Crippen molar-refractivity contribution in [2.45, 2.75) is 19.0 Å². The molecule has 1 amide bonds. The molecule has 1 aromatic heterocycles. The average Bonchev–Trinajstić information content (AvgIpc) is 3.23. The van der Waals surface area contributed by atoms with Crippen molar-refractivity contribution < 1.29 is 27.9 Å². The summed E-state index contributed by atoms with van der Waals surface area (Å²) in [5.41, 5.74) is 0.0569. The second-order valence-corrected chi connectivity index (χ2v) is 6.92. The fraction of sp³-hybridized carbons (Fsp3) is 0.353. The van der Waals surface area contributed by atoms with Crippen molar-refractivity contribution >= 4 is 23.2 Å². The Labute approximate surface area is 151 Å². The minimum atomic E-state index is -4.43. The quantitative estimate of drug-likeness (QED) is 0.878. The Hall–Kier alpha value is -2.42. The van der Waals surface area contributed by atoms with Crippen LogP contribution < -0.4 is 0 Å². The van der Waals surface area contributed by atoms with E-state index in [0.717, 1.165) is 12.1 Å². The molecule has 0 spiro atoms. The largest absolute Gasteiger partial charge is 0.481 e. The Morgan fingerprint density at radius 2 is 2.12 bits per heavy atom. The summed E-state index contributed by atoms with van der Waals surface area (Å²) in [6, 6.07) is 4.88. The number of hydrogen-bond acceptors (Lipinski definition) is 4. The molecule has 26 heavy (non-hydrogen) atoms. The minimum absolute atomic E-state index is 0.00179. The number of carboxylic acids is 1. The molecule has 2 aromatic rings. The minimum Gasteiger partial charge on any atom is -0.481 e. The fourth-order valence-electron chi connectivity index (χ4n) is 2.80. The second-order valence-electron chi connectivity index (χ2n) is 6.06. The van der Waals surface area contributed by atoms with Crippen molar-refractivity contribution in [1.29, 1.82) is 0 Å². The number of carbonyl (C=O) groups excluding carboxylic acids is 1. The lowest BCUT2D eigenvalue weighted by atomic mass is 10.1. The first-order chi connectivity index (χ1) is 12.2. The van der Waals surface area contributed by atoms with Gasteiger partial charge in [0.1, 0.15) is 5.01 Å². The molecule has 0 saturated carbocycles. The van der Waals surface area contributed by atoms with E-state index in [1.165, 1.54) is 28.4 Å². The van der Waals surface area contributed by atoms with Crippen molar-refractivity contribution in [3.8, 4) is 10.6 Å². The third-order valence-corrected chi connectivity index (χ3v) is 5.15. The number of halogens is 3. The normalized spacial score (nSPS) is 17.5. The van der Waals surface area contributed by atoms with Crippen LogP contribution in [-0.4, -0.2) is 40.0 Å². The van der Waals surface area contributed by atoms with Gasteiger partial charge >= 0.3 is 12.1 Å². The lowest BCUT2D eigenvalue weighted by Gasteiger charge is -2.14. The van der Waals surface area contributed by atoms with E-state index in [1.807, 2.05) is 0 Å². The Balaban J connectivity index is 1.69. The number of likely N-dealkylation sites (tertiary alicyclic amines) is 1. The Bertz CT molecular complexity index is 835. The van der Waals surface area contributed by atoms with E-state index in [1.54, 1.807) is 5.38 Å². The second kappa shape index (κ2) is 7.06. The van der Waals surface area contributed by atoms with Crippen molar-refractivity contribution in [2.24, 2.45) is 5.92 Å². The van der Waals surface area contributed by atoms with Crippen LogP contribution in [0.1, 0.15) is 17.7 Å². The molecule has 1 saturated heterocycles. The number of alkyl halides is 3. The van der Waals surface area contributed by atoms with Gasteiger partial charge in [-0.2, -0.15) is 13.2 Å². The molecule has 9 heteroatoms. The van der Waals surface area contributed by atoms with Gasteiger partial charge < -0.3 is 10.0 Å². The van der Waals surface area contributed by atoms with Crippen LogP contribution in [0.15, 0.2) is 29.6 Å². The number of aromatic nitrogens is 1. The van der Waals surface area contributed by atoms with Crippen molar-refractivity contribution in [2.75, 3.05) is 13.1 Å². The van der Waals surface area contributed by atoms with Gasteiger partial charge in [0.25, 0.3) is 0 Å². The zero-order valence-corrected chi connectivity index (χ0v) is 14.3. The summed E-state index contributed by atoms with van der Waals surface area (Å²) in [6.07, 6.45) is -4.00. The van der Waals surface area contributed by atoms with E-state index in [0.29, 0.717) is 29.2 Å². The lowest BCUT2D eigenvalue weighted by molar-refractivity contribution is -0.141. The van der Waals surface area contributed by atoms with E-state index in [-0.39, 0.29) is 18.9 Å². The highest BCUT2D eigenvalue weighted by atomic mass is 32.1. The van der Waals surface area contributed by atoms with Gasteiger partial charge in [0.15, 0.2) is 0 Å². The predicted octanol–water partition coefficient (Wildman–Crippen LogP) is 3.30. The van der Waals surface area contributed by atoms with Crippen LogP contribution in [0.25, 0.3) is 10.6 Å². The van der Waals surface area contributed by atoms with Gasteiger partial charge in [-0.25, -0.2) is 4.98 Å². The number of rotatable bonds is 4. The maximum absolute atomic E-state index is 12.8. The number of hydrogen-bond donors (Lipinski definition) is 1. The molecule has 1 aromatic carbocycles. The van der Waals surface area contributed by atoms with Crippen LogP contribution in [0.3, 0.4) is 0 Å². The maximum Gasteiger partial charge on any atom is 0.416 e. The van der Waals surface area contributed by atoms with Gasteiger partial charge in [-0.05, 0) is 18.6 Å². The summed E-state index contributed by atoms with van der Waals surface area (Å²) in [4.78, 5) is 29.0. The standard InChI is InChI=1S/C17H15F3N2O3S/c18-17(19,20)12-3-1-2-10(6-12)15-21-13(9-26-15)7-14(23)22-5-4-11(8-22)16(24)25/h1-3,6,9,11H,4-5,7-8H2,(H,24,25)/t11-/m0/s1. The first-order valence-electron chi connectivity index (χ1n) is 7.86. The Morgan fingerprint density at radius 1 is 1.35 bits per heavy atom. The maximum atomic E-state index is 12.8. The molecule has 1 fully saturated rings. The summed E-state index contributed by atoms with van der Waals surface area (Å²) < 4.78 is 38.4. The highest BCUT2D eigenvalue weighted by molar-refractivity contribution is 7.13. The summed E-state index contributed by atoms with van der Waals surface area (Å²) in [7, 11) is 0. The number of carbonyl (C=O) groups is 2. The van der Waals surface area contributed by atoms with Gasteiger partial charge in [0.05, 0.1) is 23.6 Å². The van der Waals surface area contributed by atoms with Crippen LogP contribution in [0.2, 0.25) is 0 Å². The molecule has 2 heterocycles. The summed E-state index contributed by atoms with van der Waals surface area (Å²) >= 11 is 1.17. The topological polar surface area (TPSA) is 70.5 Å². The molecule has 5 nitrogen and oxygen atoms in total. The Kier molecular flexibility index (Phi) is 4.99. The molecule has 0 unspecified atom stereocenters. The number of benzene rings is 1. The molecular formula is C17H15F3N2O3S. The smallest absolute Gasteiger partial charge is 0.416 e. The molecular weight excluding hydrogens is 369 g/mol. The molecule has 1 aliphatic rings. The van der Waals surface area contributed by atoms with Crippen LogP contribution in [0, 0.1) is 5.92 Å². The van der Waals surface area contributed by atoms with E-state index in [4.69, 9.17) is 5.11 Å². The third kappa shape index (κ3) is 4.04. The van der Waals surface area contributed by atoms with Crippen LogP contribution in [0.5, 0.6) is 0 Å². The van der Waals surface area contributed by atoms with Crippen LogP contribution >= 0.6 is 11.3 Å². The predicted molar refractivity (Wildman–Crippen MR) is 88.6 cm³/mol. The summed E-state index contributed by atoms with van der Waals surface area (Å²) in [5.74, 6) is -1.69. The van der Waals surface area contributed by atoms with E-state index in [2.05, 4.69) is 4.98 Å². The van der Waals surface area contributed by atoms with Crippen LogP contribution in [0.4, 0.5) is 13.2 Å². The highest BCUT2D eigenvalue weighted by Crippen LogP contribution is 2.33. The summed E-state index contributed by atoms with van der Waals surface area (Å²) in [5, 5.41) is 11.0. The third-order valence-electron chi connectivity index (χ3n) is 4.21. The molecule has 1 aliphatic heterocycles. The first-order valence-corrected chi connectivity index (χ1v) is 8.74. The first kappa shape index (κ1) is 18.4. The molecule has 0 aliphatic carbocycles. The van der Waals surface area contributed by atoms with Crippen molar-refractivity contribution in [1.82, 2.24) is 9.88 Å². The SMILES string of the molecule is O=C(O)[C@H]1CCN(C(=O)Cc2csc(-c3cccc(C(F)(F)F)c3)n2)C1. The fourth-order valence-corrected chi connectivity index (χ4v) is 3.62. The van der Waals surface area contributed by atoms with Gasteiger partial charge in [0.2, 0.25) is 5.91 Å². The zero-order valence-electron chi connectivity index (χ0n) is 13.5. The molecule has 0 bridgehead atoms. The van der Waals surface area contributed by atoms with Gasteiger partial charge in [-0.15, -0.1) is 11.3 Å². The molecule has 1 atom stereocenters. The van der Waals surface area contributed by atoms with Gasteiger partial charge in [-0.1, -0.05) is 12.1 Å². The molecule has 3 rings (SSSR count). The van der Waals surface area contributed by atoms with Crippen molar-refractivity contribution in [3.63, 3.8) is 0 Å². The van der Waals surface area contributed by atoms with Gasteiger partial charge in [-0.3, -0.25) is 9.59 Å². The Morgan fingerprint density at radius 3 is 2.77 bits per heavy atom. The lowest BCUT2D eigenvalue weighted by Crippen LogP contribution is -2.31. The zero-order chi connectivity index (χ0) is 18.9. The highest BCUT2D eigenvalue weighted by Gasteiger charge is 2.32. The van der Waals surface area contributed by atoms with Crippen LogP contribution in [-0.2, 0) is 22.2 Å². The average molecular weight is 384 g/mol. The van der Waals surface area contributed by atoms with Gasteiger partial charge in [0, 0.05) is 24.0 Å². The number of aliphatic carboxylic acids is 1. The number of carboxylic acid groups (broad SMARTS) is 1. The van der Waals surface area contributed by atoms with E-state index < -0.39 is 23.6 Å². The summed E-state index contributed by atoms with van der Waals surface area (Å²) in [6.45, 7) is 0.569. The molecule has 138 valence electrons. The van der Waals surface area contributed by atoms with E-state index >= 15 is 0 Å². The monoisotopic (exact) mass is 384 g/mol. The van der Waals surface area contributed by atoms with E-state index in [9.17, 15) is 22.8 Å². The molecule has 1 N–H and O–H groups in total. The van der Waals surface area contributed by atoms with Crippen molar-refractivity contribution in [3.05, 3.63) is 40.9 Å². The number of nitrogens with zero attached hydrogens (tertiary/aromatic N) is 2.